The number of benzene rings is 5. The van der Waals surface area contributed by atoms with Crippen LogP contribution in [0.1, 0.15) is 55.5 Å². The first-order chi connectivity index (χ1) is 22.5. The third-order valence-corrected chi connectivity index (χ3v) is 9.22. The van der Waals surface area contributed by atoms with Crippen LogP contribution in [0.4, 0.5) is 28.4 Å². The quantitative estimate of drug-likeness (QED) is 0.117. The highest BCUT2D eigenvalue weighted by Gasteiger charge is 2.13. The van der Waals surface area contributed by atoms with E-state index in [1.807, 2.05) is 0 Å². The van der Waals surface area contributed by atoms with Crippen molar-refractivity contribution < 1.29 is 0 Å². The molecule has 0 fully saturated rings. The van der Waals surface area contributed by atoms with E-state index < -0.39 is 0 Å². The fourth-order valence-electron chi connectivity index (χ4n) is 6.27. The molecule has 0 N–H and O–H groups in total. The molecule has 0 aliphatic heterocycles. The summed E-state index contributed by atoms with van der Waals surface area (Å²) >= 11 is 0. The van der Waals surface area contributed by atoms with Crippen molar-refractivity contribution in [2.75, 3.05) is 40.9 Å². The Morgan fingerprint density at radius 3 is 0.826 bits per heavy atom. The lowest BCUT2D eigenvalue weighted by Crippen LogP contribution is -2.21. The van der Waals surface area contributed by atoms with Gasteiger partial charge in [0.15, 0.2) is 0 Å². The van der Waals surface area contributed by atoms with Gasteiger partial charge in [-0.2, -0.15) is 0 Å². The Hall–Kier alpha value is -4.50. The van der Waals surface area contributed by atoms with Gasteiger partial charge in [0.2, 0.25) is 0 Å². The van der Waals surface area contributed by atoms with E-state index in [-0.39, 0.29) is 0 Å². The molecule has 3 nitrogen and oxygen atoms in total. The smallest absolute Gasteiger partial charge is 0.0461 e. The fraction of sp³-hybridized carbons (Fsp3) is 0.302. The van der Waals surface area contributed by atoms with Crippen LogP contribution in [-0.4, -0.2) is 26.2 Å². The second-order valence-corrected chi connectivity index (χ2v) is 12.2. The molecule has 0 amide bonds. The normalized spacial score (nSPS) is 11.0. The highest BCUT2D eigenvalue weighted by Crippen LogP contribution is 2.35. The van der Waals surface area contributed by atoms with E-state index in [2.05, 4.69) is 171 Å². The molecule has 0 saturated heterocycles. The molecule has 0 bridgehead atoms. The van der Waals surface area contributed by atoms with Crippen LogP contribution in [0.2, 0.25) is 0 Å². The van der Waals surface area contributed by atoms with Crippen molar-refractivity contribution in [3.05, 3.63) is 149 Å². The molecule has 238 valence electrons. The SMILES string of the molecule is CCN(CC)c1ccc(CCc2ccc(N(c3ccc(C)cc3)c3ccc(CCc4ccc(N(CC)CC)cc4)cc3)cc2)cc1. The third-order valence-electron chi connectivity index (χ3n) is 9.22. The Morgan fingerprint density at radius 1 is 0.326 bits per heavy atom. The Balaban J connectivity index is 1.26. The number of aryl methyl sites for hydroxylation is 5. The Kier molecular flexibility index (Phi) is 11.6. The number of hydrogen-bond donors (Lipinski definition) is 0. The van der Waals surface area contributed by atoms with Gasteiger partial charge in [-0.15, -0.1) is 0 Å². The summed E-state index contributed by atoms with van der Waals surface area (Å²) in [6.45, 7) is 15.2. The second kappa shape index (κ2) is 16.2. The average molecular weight is 610 g/mol. The highest BCUT2D eigenvalue weighted by atomic mass is 15.1. The standard InChI is InChI=1S/C43H51N3/c1-6-44(7-2)39-26-16-35(17-27-39)12-14-37-20-30-42(31-21-37)46(41-24-10-34(5)11-25-41)43-32-22-38(23-33-43)15-13-36-18-28-40(29-19-36)45(8-3)9-4/h10-11,16-33H,6-9,12-15H2,1-5H3. The van der Waals surface area contributed by atoms with Crippen molar-refractivity contribution in [3.63, 3.8) is 0 Å². The van der Waals surface area contributed by atoms with Crippen LogP contribution in [0.25, 0.3) is 0 Å². The largest absolute Gasteiger partial charge is 0.372 e. The molecule has 5 aromatic carbocycles. The molecule has 0 unspecified atom stereocenters. The zero-order valence-electron chi connectivity index (χ0n) is 28.5. The van der Waals surface area contributed by atoms with Crippen LogP contribution in [0.5, 0.6) is 0 Å². The summed E-state index contributed by atoms with van der Waals surface area (Å²) in [5.74, 6) is 0. The minimum Gasteiger partial charge on any atom is -0.372 e. The number of hydrogen-bond acceptors (Lipinski definition) is 3. The van der Waals surface area contributed by atoms with Gasteiger partial charge in [0, 0.05) is 54.6 Å². The molecular weight excluding hydrogens is 558 g/mol. The van der Waals surface area contributed by atoms with Gasteiger partial charge in [0.25, 0.3) is 0 Å². The molecule has 0 radical (unpaired) electrons. The molecule has 46 heavy (non-hydrogen) atoms. The van der Waals surface area contributed by atoms with Gasteiger partial charge < -0.3 is 14.7 Å². The lowest BCUT2D eigenvalue weighted by atomic mass is 10.0. The summed E-state index contributed by atoms with van der Waals surface area (Å²) in [5, 5.41) is 0. The Morgan fingerprint density at radius 2 is 0.565 bits per heavy atom. The first-order valence-electron chi connectivity index (χ1n) is 17.2. The molecule has 0 saturated carbocycles. The molecule has 0 spiro atoms. The van der Waals surface area contributed by atoms with Crippen LogP contribution in [0, 0.1) is 6.92 Å². The van der Waals surface area contributed by atoms with E-state index in [1.54, 1.807) is 0 Å². The first-order valence-corrected chi connectivity index (χ1v) is 17.2. The lowest BCUT2D eigenvalue weighted by Gasteiger charge is -2.26. The van der Waals surface area contributed by atoms with Gasteiger partial charge >= 0.3 is 0 Å². The van der Waals surface area contributed by atoms with Gasteiger partial charge in [-0.3, -0.25) is 0 Å². The summed E-state index contributed by atoms with van der Waals surface area (Å²) in [7, 11) is 0. The van der Waals surface area contributed by atoms with Crippen molar-refractivity contribution >= 4 is 28.4 Å². The summed E-state index contributed by atoms with van der Waals surface area (Å²) in [5.41, 5.74) is 12.9. The number of anilines is 5. The van der Waals surface area contributed by atoms with Crippen LogP contribution in [0.3, 0.4) is 0 Å². The van der Waals surface area contributed by atoms with Crippen LogP contribution in [-0.2, 0) is 25.7 Å². The van der Waals surface area contributed by atoms with E-state index in [9.17, 15) is 0 Å². The monoisotopic (exact) mass is 609 g/mol. The maximum absolute atomic E-state index is 2.39. The molecule has 0 aliphatic rings. The van der Waals surface area contributed by atoms with Crippen molar-refractivity contribution in [3.8, 4) is 0 Å². The van der Waals surface area contributed by atoms with Crippen LogP contribution < -0.4 is 14.7 Å². The van der Waals surface area contributed by atoms with E-state index in [0.717, 1.165) is 51.9 Å². The highest BCUT2D eigenvalue weighted by molar-refractivity contribution is 5.76. The van der Waals surface area contributed by atoms with E-state index in [0.29, 0.717) is 0 Å². The number of rotatable bonds is 15. The first kappa shape index (κ1) is 32.9. The minimum atomic E-state index is 1.03. The predicted molar refractivity (Wildman–Crippen MR) is 201 cm³/mol. The summed E-state index contributed by atoms with van der Waals surface area (Å²) in [6.07, 6.45) is 4.15. The van der Waals surface area contributed by atoms with Gasteiger partial charge in [-0.05, 0) is 143 Å². The minimum absolute atomic E-state index is 1.03. The molecule has 0 aliphatic carbocycles. The molecular formula is C43H51N3. The maximum Gasteiger partial charge on any atom is 0.0461 e. The predicted octanol–water partition coefficient (Wildman–Crippen LogP) is 10.7. The average Bonchev–Trinajstić information content (AvgIpc) is 3.10. The zero-order valence-corrected chi connectivity index (χ0v) is 28.5. The van der Waals surface area contributed by atoms with Crippen molar-refractivity contribution in [2.24, 2.45) is 0 Å². The fourth-order valence-corrected chi connectivity index (χ4v) is 6.27. The van der Waals surface area contributed by atoms with Gasteiger partial charge in [0.1, 0.15) is 0 Å². The zero-order chi connectivity index (χ0) is 32.3. The molecule has 0 heterocycles. The number of nitrogens with zero attached hydrogens (tertiary/aromatic N) is 3. The molecule has 3 heteroatoms. The summed E-state index contributed by atoms with van der Waals surface area (Å²) in [4.78, 5) is 7.15. The Labute approximate surface area is 278 Å². The van der Waals surface area contributed by atoms with Gasteiger partial charge in [-0.25, -0.2) is 0 Å². The van der Waals surface area contributed by atoms with Crippen molar-refractivity contribution in [2.45, 2.75) is 60.3 Å². The van der Waals surface area contributed by atoms with Crippen molar-refractivity contribution in [1.29, 1.82) is 0 Å². The van der Waals surface area contributed by atoms with Gasteiger partial charge in [-0.1, -0.05) is 66.2 Å². The summed E-state index contributed by atoms with van der Waals surface area (Å²) in [6, 6.07) is 45.3. The van der Waals surface area contributed by atoms with Crippen molar-refractivity contribution in [1.82, 2.24) is 0 Å². The molecule has 5 rings (SSSR count). The molecule has 5 aromatic rings. The molecule has 0 atom stereocenters. The van der Waals surface area contributed by atoms with E-state index in [4.69, 9.17) is 0 Å². The molecule has 0 aromatic heterocycles. The summed E-state index contributed by atoms with van der Waals surface area (Å²) < 4.78 is 0. The van der Waals surface area contributed by atoms with Crippen LogP contribution in [0.15, 0.2) is 121 Å². The van der Waals surface area contributed by atoms with E-state index >= 15 is 0 Å². The third kappa shape index (κ3) is 8.40. The topological polar surface area (TPSA) is 9.72 Å². The van der Waals surface area contributed by atoms with Gasteiger partial charge in [0.05, 0.1) is 0 Å². The maximum atomic E-state index is 2.39. The lowest BCUT2D eigenvalue weighted by molar-refractivity contribution is 0.864. The Bertz CT molecular complexity index is 1490. The second-order valence-electron chi connectivity index (χ2n) is 12.2. The van der Waals surface area contributed by atoms with Crippen LogP contribution >= 0.6 is 0 Å². The van der Waals surface area contributed by atoms with E-state index in [1.165, 1.54) is 56.3 Å².